The minimum absolute atomic E-state index is 0.0244. The van der Waals surface area contributed by atoms with Crippen LogP contribution in [0.3, 0.4) is 0 Å². The summed E-state index contributed by atoms with van der Waals surface area (Å²) in [6, 6.07) is 6.85. The van der Waals surface area contributed by atoms with E-state index in [2.05, 4.69) is 15.3 Å². The zero-order valence-electron chi connectivity index (χ0n) is 14.7. The lowest BCUT2D eigenvalue weighted by molar-refractivity contribution is -0.138. The number of anilines is 1. The molecule has 27 heavy (non-hydrogen) atoms. The van der Waals surface area contributed by atoms with Gasteiger partial charge in [0.05, 0.1) is 25.1 Å². The molecular weight excluding hydrogens is 363 g/mol. The molecule has 0 bridgehead atoms. The predicted octanol–water partition coefficient (Wildman–Crippen LogP) is 4.50. The van der Waals surface area contributed by atoms with E-state index in [0.29, 0.717) is 28.1 Å². The van der Waals surface area contributed by atoms with E-state index >= 15 is 0 Å². The minimum atomic E-state index is -4.59. The second kappa shape index (κ2) is 7.18. The highest BCUT2D eigenvalue weighted by atomic mass is 19.4. The van der Waals surface area contributed by atoms with Crippen molar-refractivity contribution >= 4 is 16.6 Å². The number of aromatic nitrogens is 2. The number of rotatable bonds is 5. The van der Waals surface area contributed by atoms with Crippen molar-refractivity contribution in [1.82, 2.24) is 9.97 Å². The molecule has 9 heteroatoms. The van der Waals surface area contributed by atoms with Crippen molar-refractivity contribution in [2.75, 3.05) is 26.6 Å². The third-order valence-electron chi connectivity index (χ3n) is 3.88. The van der Waals surface area contributed by atoms with Gasteiger partial charge in [0.25, 0.3) is 0 Å². The van der Waals surface area contributed by atoms with Gasteiger partial charge < -0.3 is 19.5 Å². The second-order valence-corrected chi connectivity index (χ2v) is 5.46. The summed E-state index contributed by atoms with van der Waals surface area (Å²) in [7, 11) is 4.46. The highest BCUT2D eigenvalue weighted by Crippen LogP contribution is 2.41. The number of nitrogens with zero attached hydrogens (tertiary/aromatic N) is 2. The van der Waals surface area contributed by atoms with Crippen LogP contribution in [0.25, 0.3) is 10.9 Å². The van der Waals surface area contributed by atoms with Crippen molar-refractivity contribution in [3.63, 3.8) is 0 Å². The fraction of sp³-hybridized carbons (Fsp3) is 0.222. The van der Waals surface area contributed by atoms with Crippen molar-refractivity contribution in [2.45, 2.75) is 6.18 Å². The van der Waals surface area contributed by atoms with Crippen molar-refractivity contribution in [2.24, 2.45) is 0 Å². The van der Waals surface area contributed by atoms with Crippen LogP contribution in [0.1, 0.15) is 5.56 Å². The number of ether oxygens (including phenoxy) is 3. The standard InChI is InChI=1S/C18H16F3N3O3/c1-22-10-4-5-14(12(6-10)18(19,20)21)27-17-11-7-15(25-2)16(26-3)8-13(11)23-9-24-17/h4-9,22H,1-3H3. The number of hydrogen-bond donors (Lipinski definition) is 1. The van der Waals surface area contributed by atoms with E-state index in [1.54, 1.807) is 12.1 Å². The van der Waals surface area contributed by atoms with Crippen LogP contribution in [0.4, 0.5) is 18.9 Å². The second-order valence-electron chi connectivity index (χ2n) is 5.46. The van der Waals surface area contributed by atoms with E-state index in [0.717, 1.165) is 6.07 Å². The number of methoxy groups -OCH3 is 2. The maximum atomic E-state index is 13.4. The first kappa shape index (κ1) is 18.6. The Kier molecular flexibility index (Phi) is 4.93. The summed E-state index contributed by atoms with van der Waals surface area (Å²) in [4.78, 5) is 8.09. The van der Waals surface area contributed by atoms with Crippen molar-refractivity contribution in [1.29, 1.82) is 0 Å². The quantitative estimate of drug-likeness (QED) is 0.704. The molecule has 0 unspecified atom stereocenters. The van der Waals surface area contributed by atoms with Gasteiger partial charge in [0, 0.05) is 18.8 Å². The molecule has 1 heterocycles. The summed E-state index contributed by atoms with van der Waals surface area (Å²) in [5.41, 5.74) is -0.159. The number of halogens is 3. The van der Waals surface area contributed by atoms with E-state index in [1.807, 2.05) is 0 Å². The molecule has 1 aromatic heterocycles. The Morgan fingerprint density at radius 1 is 0.926 bits per heavy atom. The smallest absolute Gasteiger partial charge is 0.420 e. The van der Waals surface area contributed by atoms with Crippen LogP contribution < -0.4 is 19.5 Å². The fourth-order valence-electron chi connectivity index (χ4n) is 2.54. The van der Waals surface area contributed by atoms with Gasteiger partial charge in [-0.05, 0) is 24.3 Å². The van der Waals surface area contributed by atoms with Crippen LogP contribution in [-0.4, -0.2) is 31.2 Å². The van der Waals surface area contributed by atoms with Gasteiger partial charge in [-0.15, -0.1) is 0 Å². The summed E-state index contributed by atoms with van der Waals surface area (Å²) < 4.78 is 56.2. The molecule has 0 aliphatic rings. The lowest BCUT2D eigenvalue weighted by atomic mass is 10.1. The van der Waals surface area contributed by atoms with Crippen LogP contribution in [0.5, 0.6) is 23.1 Å². The molecule has 1 N–H and O–H groups in total. The molecule has 0 radical (unpaired) electrons. The molecule has 142 valence electrons. The number of hydrogen-bond acceptors (Lipinski definition) is 6. The average Bonchev–Trinajstić information content (AvgIpc) is 2.66. The molecule has 0 fully saturated rings. The summed E-state index contributed by atoms with van der Waals surface area (Å²) in [6.07, 6.45) is -3.38. The number of benzene rings is 2. The van der Waals surface area contributed by atoms with Crippen molar-refractivity contribution in [3.05, 3.63) is 42.2 Å². The topological polar surface area (TPSA) is 65.5 Å². The van der Waals surface area contributed by atoms with Crippen LogP contribution in [0.15, 0.2) is 36.7 Å². The normalized spacial score (nSPS) is 11.3. The van der Waals surface area contributed by atoms with Crippen LogP contribution in [-0.2, 0) is 6.18 Å². The molecular formula is C18H16F3N3O3. The first-order valence-electron chi connectivity index (χ1n) is 7.81. The molecule has 0 saturated carbocycles. The summed E-state index contributed by atoms with van der Waals surface area (Å²) in [5, 5.41) is 3.07. The molecule has 0 spiro atoms. The van der Waals surface area contributed by atoms with Crippen LogP contribution in [0.2, 0.25) is 0 Å². The van der Waals surface area contributed by atoms with Crippen molar-refractivity contribution in [3.8, 4) is 23.1 Å². The molecule has 2 aromatic carbocycles. The maximum Gasteiger partial charge on any atom is 0.420 e. The molecule has 3 aromatic rings. The third-order valence-corrected chi connectivity index (χ3v) is 3.88. The number of nitrogens with one attached hydrogen (secondary N) is 1. The Morgan fingerprint density at radius 3 is 2.26 bits per heavy atom. The number of alkyl halides is 3. The minimum Gasteiger partial charge on any atom is -0.493 e. The van der Waals surface area contributed by atoms with Gasteiger partial charge >= 0.3 is 6.18 Å². The fourth-order valence-corrected chi connectivity index (χ4v) is 2.54. The first-order valence-corrected chi connectivity index (χ1v) is 7.81. The monoisotopic (exact) mass is 379 g/mol. The van der Waals surface area contributed by atoms with Gasteiger partial charge in [0.1, 0.15) is 17.6 Å². The van der Waals surface area contributed by atoms with Crippen molar-refractivity contribution < 1.29 is 27.4 Å². The Bertz CT molecular complexity index is 977. The first-order chi connectivity index (χ1) is 12.9. The Morgan fingerprint density at radius 2 is 1.63 bits per heavy atom. The Hall–Kier alpha value is -3.23. The molecule has 0 saturated heterocycles. The maximum absolute atomic E-state index is 13.4. The highest BCUT2D eigenvalue weighted by Gasteiger charge is 2.35. The lowest BCUT2D eigenvalue weighted by Gasteiger charge is -2.16. The van der Waals surface area contributed by atoms with Gasteiger partial charge in [-0.2, -0.15) is 13.2 Å². The van der Waals surface area contributed by atoms with E-state index in [4.69, 9.17) is 14.2 Å². The van der Waals surface area contributed by atoms with E-state index in [-0.39, 0.29) is 11.6 Å². The SMILES string of the molecule is CNc1ccc(Oc2ncnc3cc(OC)c(OC)cc23)c(C(F)(F)F)c1. The van der Waals surface area contributed by atoms with Gasteiger partial charge in [0.15, 0.2) is 11.5 Å². The molecule has 0 atom stereocenters. The molecule has 0 amide bonds. The highest BCUT2D eigenvalue weighted by molar-refractivity contribution is 5.87. The largest absolute Gasteiger partial charge is 0.493 e. The third kappa shape index (κ3) is 3.67. The number of fused-ring (bicyclic) bond motifs is 1. The zero-order valence-corrected chi connectivity index (χ0v) is 14.7. The van der Waals surface area contributed by atoms with Gasteiger partial charge in [-0.3, -0.25) is 0 Å². The summed E-state index contributed by atoms with van der Waals surface area (Å²) >= 11 is 0. The Labute approximate surface area is 152 Å². The van der Waals surface area contributed by atoms with Gasteiger partial charge in [-0.25, -0.2) is 9.97 Å². The zero-order chi connectivity index (χ0) is 19.6. The molecule has 3 rings (SSSR count). The lowest BCUT2D eigenvalue weighted by Crippen LogP contribution is -2.08. The van der Waals surface area contributed by atoms with Gasteiger partial charge in [0.2, 0.25) is 5.88 Å². The summed E-state index contributed by atoms with van der Waals surface area (Å²) in [5.74, 6) is 0.426. The van der Waals surface area contributed by atoms with E-state index < -0.39 is 11.7 Å². The predicted molar refractivity (Wildman–Crippen MR) is 93.7 cm³/mol. The van der Waals surface area contributed by atoms with E-state index in [9.17, 15) is 13.2 Å². The van der Waals surface area contributed by atoms with Crippen LogP contribution in [0, 0.1) is 0 Å². The van der Waals surface area contributed by atoms with Gasteiger partial charge in [-0.1, -0.05) is 0 Å². The van der Waals surface area contributed by atoms with Crippen LogP contribution >= 0.6 is 0 Å². The summed E-state index contributed by atoms with van der Waals surface area (Å²) in [6.45, 7) is 0. The Balaban J connectivity index is 2.12. The average molecular weight is 379 g/mol. The molecule has 0 aliphatic heterocycles. The van der Waals surface area contributed by atoms with E-state index in [1.165, 1.54) is 39.7 Å². The molecule has 6 nitrogen and oxygen atoms in total. The molecule has 0 aliphatic carbocycles.